The Morgan fingerprint density at radius 1 is 1.40 bits per heavy atom. The number of halogens is 1. The third-order valence-electron chi connectivity index (χ3n) is 4.57. The van der Waals surface area contributed by atoms with Crippen LogP contribution in [-0.2, 0) is 9.53 Å². The average Bonchev–Trinajstić information content (AvgIpc) is 3.40. The van der Waals surface area contributed by atoms with Gasteiger partial charge in [0.1, 0.15) is 5.75 Å². The van der Waals surface area contributed by atoms with Crippen LogP contribution in [0.1, 0.15) is 18.4 Å². The number of hydrogen-bond donors (Lipinski definition) is 2. The summed E-state index contributed by atoms with van der Waals surface area (Å²) in [5, 5.41) is 12.9. The number of thioether (sulfide) groups is 1. The number of benzene rings is 2. The maximum absolute atomic E-state index is 12.1. The number of phenols is 1. The van der Waals surface area contributed by atoms with Gasteiger partial charge in [-0.1, -0.05) is 11.8 Å². The lowest BCUT2D eigenvalue weighted by atomic mass is 10.2. The molecule has 0 bridgehead atoms. The minimum absolute atomic E-state index is 0.00246. The first-order chi connectivity index (χ1) is 14.6. The molecule has 9 heteroatoms. The maximum atomic E-state index is 12.1. The number of nitrogens with one attached hydrogen (secondary N) is 1. The van der Waals surface area contributed by atoms with E-state index in [4.69, 9.17) is 4.74 Å². The van der Waals surface area contributed by atoms with Crippen LogP contribution in [0.2, 0.25) is 0 Å². The molecule has 0 aliphatic carbocycles. The number of carbonyl (C=O) groups excluding carboxylic acids is 1. The SMILES string of the molecule is O=C(CSc1nc2ccc(N=Cc3cc(I)ccc3O)cc2s1)NC[C@@H]1CCCO1. The number of thiazole rings is 1. The van der Waals surface area contributed by atoms with Crippen molar-refractivity contribution < 1.29 is 14.6 Å². The number of aromatic hydroxyl groups is 1. The minimum atomic E-state index is -0.00246. The number of ether oxygens (including phenoxy) is 1. The van der Waals surface area contributed by atoms with Crippen molar-refractivity contribution in [3.05, 3.63) is 45.5 Å². The molecule has 1 saturated heterocycles. The molecule has 1 aromatic heterocycles. The molecule has 0 unspecified atom stereocenters. The Bertz CT molecular complexity index is 1080. The van der Waals surface area contributed by atoms with Gasteiger partial charge in [0.2, 0.25) is 5.91 Å². The molecular formula is C21H20IN3O3S2. The first kappa shape index (κ1) is 21.5. The zero-order valence-electron chi connectivity index (χ0n) is 16.0. The van der Waals surface area contributed by atoms with Crippen LogP contribution in [0.5, 0.6) is 5.75 Å². The van der Waals surface area contributed by atoms with Crippen LogP contribution in [0.25, 0.3) is 10.2 Å². The molecule has 4 rings (SSSR count). The van der Waals surface area contributed by atoms with Gasteiger partial charge in [0.15, 0.2) is 4.34 Å². The van der Waals surface area contributed by atoms with Gasteiger partial charge in [0.25, 0.3) is 0 Å². The molecule has 1 amide bonds. The van der Waals surface area contributed by atoms with Crippen molar-refractivity contribution in [1.29, 1.82) is 0 Å². The van der Waals surface area contributed by atoms with Crippen molar-refractivity contribution in [1.82, 2.24) is 10.3 Å². The summed E-state index contributed by atoms with van der Waals surface area (Å²) in [4.78, 5) is 21.1. The Hall–Kier alpha value is -1.69. The summed E-state index contributed by atoms with van der Waals surface area (Å²) in [5.41, 5.74) is 2.35. The number of carbonyl (C=O) groups is 1. The molecule has 6 nitrogen and oxygen atoms in total. The summed E-state index contributed by atoms with van der Waals surface area (Å²) in [7, 11) is 0. The van der Waals surface area contributed by atoms with Crippen LogP contribution in [0.15, 0.2) is 45.7 Å². The molecule has 0 spiro atoms. The van der Waals surface area contributed by atoms with Crippen LogP contribution < -0.4 is 5.32 Å². The Kier molecular flexibility index (Phi) is 7.24. The number of rotatable bonds is 7. The predicted molar refractivity (Wildman–Crippen MR) is 130 cm³/mol. The maximum Gasteiger partial charge on any atom is 0.230 e. The fourth-order valence-electron chi connectivity index (χ4n) is 3.02. The largest absolute Gasteiger partial charge is 0.507 e. The van der Waals surface area contributed by atoms with Crippen molar-refractivity contribution in [2.24, 2.45) is 4.99 Å². The van der Waals surface area contributed by atoms with Crippen LogP contribution in [0.3, 0.4) is 0 Å². The number of phenolic OH excluding ortho intramolecular Hbond substituents is 1. The molecule has 2 heterocycles. The van der Waals surface area contributed by atoms with Gasteiger partial charge in [0, 0.05) is 28.5 Å². The summed E-state index contributed by atoms with van der Waals surface area (Å²) in [6, 6.07) is 11.2. The Balaban J connectivity index is 1.36. The summed E-state index contributed by atoms with van der Waals surface area (Å²) in [5.74, 6) is 0.538. The summed E-state index contributed by atoms with van der Waals surface area (Å²) >= 11 is 5.19. The van der Waals surface area contributed by atoms with Gasteiger partial charge in [-0.3, -0.25) is 9.79 Å². The Morgan fingerprint density at radius 2 is 2.30 bits per heavy atom. The molecule has 156 valence electrons. The van der Waals surface area contributed by atoms with Crippen molar-refractivity contribution in [3.8, 4) is 5.75 Å². The van der Waals surface area contributed by atoms with Crippen molar-refractivity contribution in [2.45, 2.75) is 23.3 Å². The first-order valence-electron chi connectivity index (χ1n) is 9.51. The second-order valence-corrected chi connectivity index (χ2v) is 10.3. The van der Waals surface area contributed by atoms with E-state index >= 15 is 0 Å². The Morgan fingerprint density at radius 3 is 3.13 bits per heavy atom. The number of aromatic nitrogens is 1. The van der Waals surface area contributed by atoms with Crippen LogP contribution >= 0.6 is 45.7 Å². The lowest BCUT2D eigenvalue weighted by Gasteiger charge is -2.09. The van der Waals surface area contributed by atoms with Gasteiger partial charge in [0.05, 0.1) is 27.8 Å². The highest BCUT2D eigenvalue weighted by Gasteiger charge is 2.16. The van der Waals surface area contributed by atoms with E-state index in [9.17, 15) is 9.90 Å². The van der Waals surface area contributed by atoms with E-state index in [1.54, 1.807) is 23.6 Å². The Labute approximate surface area is 196 Å². The molecule has 3 aromatic rings. The third kappa shape index (κ3) is 5.71. The monoisotopic (exact) mass is 553 g/mol. The number of hydrogen-bond acceptors (Lipinski definition) is 7. The van der Waals surface area contributed by atoms with Crippen LogP contribution in [-0.4, -0.2) is 47.2 Å². The zero-order chi connectivity index (χ0) is 20.9. The van der Waals surface area contributed by atoms with Crippen molar-refractivity contribution in [3.63, 3.8) is 0 Å². The zero-order valence-corrected chi connectivity index (χ0v) is 19.8. The molecule has 1 atom stereocenters. The van der Waals surface area contributed by atoms with E-state index in [1.165, 1.54) is 11.8 Å². The van der Waals surface area contributed by atoms with Crippen molar-refractivity contribution in [2.75, 3.05) is 18.9 Å². The molecule has 1 fully saturated rings. The van der Waals surface area contributed by atoms with Gasteiger partial charge >= 0.3 is 0 Å². The van der Waals surface area contributed by atoms with E-state index < -0.39 is 0 Å². The molecule has 0 saturated carbocycles. The third-order valence-corrected chi connectivity index (χ3v) is 7.40. The topological polar surface area (TPSA) is 83.8 Å². The summed E-state index contributed by atoms with van der Waals surface area (Å²) in [6.45, 7) is 1.37. The van der Waals surface area contributed by atoms with Gasteiger partial charge < -0.3 is 15.2 Å². The van der Waals surface area contributed by atoms with Gasteiger partial charge in [-0.15, -0.1) is 11.3 Å². The van der Waals surface area contributed by atoms with E-state index in [-0.39, 0.29) is 17.8 Å². The smallest absolute Gasteiger partial charge is 0.230 e. The molecule has 2 N–H and O–H groups in total. The minimum Gasteiger partial charge on any atom is -0.507 e. The van der Waals surface area contributed by atoms with Gasteiger partial charge in [-0.25, -0.2) is 4.98 Å². The second kappa shape index (κ2) is 10.1. The molecule has 2 aromatic carbocycles. The fourth-order valence-corrected chi connectivity index (χ4v) is 5.47. The van der Waals surface area contributed by atoms with E-state index in [0.29, 0.717) is 17.9 Å². The van der Waals surface area contributed by atoms with Crippen LogP contribution in [0, 0.1) is 3.57 Å². The lowest BCUT2D eigenvalue weighted by Crippen LogP contribution is -2.32. The van der Waals surface area contributed by atoms with E-state index in [2.05, 4.69) is 37.9 Å². The number of aliphatic imine (C=N–C) groups is 1. The van der Waals surface area contributed by atoms with E-state index in [1.807, 2.05) is 30.3 Å². The number of fused-ring (bicyclic) bond motifs is 1. The highest BCUT2D eigenvalue weighted by atomic mass is 127. The molecule has 1 aliphatic rings. The van der Waals surface area contributed by atoms with Crippen molar-refractivity contribution >= 4 is 73.7 Å². The molecule has 1 aliphatic heterocycles. The highest BCUT2D eigenvalue weighted by Crippen LogP contribution is 2.32. The number of nitrogens with zero attached hydrogens (tertiary/aromatic N) is 2. The van der Waals surface area contributed by atoms with Crippen LogP contribution in [0.4, 0.5) is 5.69 Å². The fraction of sp³-hybridized carbons (Fsp3) is 0.286. The second-order valence-electron chi connectivity index (χ2n) is 6.82. The summed E-state index contributed by atoms with van der Waals surface area (Å²) in [6.07, 6.45) is 3.90. The highest BCUT2D eigenvalue weighted by molar-refractivity contribution is 14.1. The standard InChI is InChI=1S/C21H20IN3O3S2/c22-14-3-6-18(26)13(8-14)10-23-15-4-5-17-19(9-15)30-21(25-17)29-12-20(27)24-11-16-2-1-7-28-16/h3-6,8-10,16,26H,1-2,7,11-12H2,(H,24,27)/t16-/m0/s1. The number of amides is 1. The quantitative estimate of drug-likeness (QED) is 0.251. The molecule has 0 radical (unpaired) electrons. The molecule has 30 heavy (non-hydrogen) atoms. The normalized spacial score (nSPS) is 16.5. The summed E-state index contributed by atoms with van der Waals surface area (Å²) < 4.78 is 8.42. The van der Waals surface area contributed by atoms with Gasteiger partial charge in [-0.05, 0) is 71.8 Å². The van der Waals surface area contributed by atoms with Gasteiger partial charge in [-0.2, -0.15) is 0 Å². The lowest BCUT2D eigenvalue weighted by molar-refractivity contribution is -0.119. The van der Waals surface area contributed by atoms with E-state index in [0.717, 1.165) is 43.3 Å². The molecular weight excluding hydrogens is 533 g/mol. The first-order valence-corrected chi connectivity index (χ1v) is 12.4. The predicted octanol–water partition coefficient (Wildman–Crippen LogP) is 4.74. The average molecular weight is 553 g/mol.